The molecule has 1 aromatic carbocycles. The summed E-state index contributed by atoms with van der Waals surface area (Å²) < 4.78 is 9.84. The van der Waals surface area contributed by atoms with Gasteiger partial charge in [0.2, 0.25) is 0 Å². The van der Waals surface area contributed by atoms with Crippen LogP contribution < -0.4 is 4.74 Å². The summed E-state index contributed by atoms with van der Waals surface area (Å²) in [6, 6.07) is 11.4. The normalized spacial score (nSPS) is 10.0. The molecule has 0 aliphatic carbocycles. The fraction of sp³-hybridized carbons (Fsp3) is 0.154. The van der Waals surface area contributed by atoms with Gasteiger partial charge in [-0.15, -0.1) is 11.3 Å². The van der Waals surface area contributed by atoms with Crippen LogP contribution in [0.2, 0.25) is 0 Å². The van der Waals surface area contributed by atoms with E-state index < -0.39 is 0 Å². The highest BCUT2D eigenvalue weighted by Gasteiger charge is 2.10. The fourth-order valence-corrected chi connectivity index (χ4v) is 2.40. The number of carbonyl (C=O) groups is 1. The maximum absolute atomic E-state index is 11.3. The highest BCUT2D eigenvalue weighted by molar-refractivity contribution is 7.17. The van der Waals surface area contributed by atoms with E-state index in [1.165, 1.54) is 18.4 Å². The summed E-state index contributed by atoms with van der Waals surface area (Å²) in [4.78, 5) is 13.0. The van der Waals surface area contributed by atoms with Gasteiger partial charge in [-0.1, -0.05) is 12.1 Å². The molecule has 0 saturated carbocycles. The van der Waals surface area contributed by atoms with Crippen molar-refractivity contribution in [1.29, 1.82) is 0 Å². The van der Waals surface area contributed by atoms with Crippen molar-refractivity contribution in [2.24, 2.45) is 0 Å². The predicted octanol–water partition coefficient (Wildman–Crippen LogP) is 3.21. The number of thiophene rings is 1. The average molecular weight is 248 g/mol. The van der Waals surface area contributed by atoms with Crippen LogP contribution in [0, 0.1) is 0 Å². The molecule has 3 nitrogen and oxygen atoms in total. The highest BCUT2D eigenvalue weighted by atomic mass is 32.1. The second-order valence-corrected chi connectivity index (χ2v) is 4.47. The van der Waals surface area contributed by atoms with Gasteiger partial charge in [-0.25, -0.2) is 4.79 Å². The zero-order chi connectivity index (χ0) is 12.3. The molecule has 0 aliphatic rings. The van der Waals surface area contributed by atoms with Gasteiger partial charge in [-0.2, -0.15) is 0 Å². The molecule has 0 unspecified atom stereocenters. The minimum Gasteiger partial charge on any atom is -0.497 e. The maximum atomic E-state index is 11.3. The SMILES string of the molecule is COC(=O)c1ccc(-c2cccc(OC)c2)s1. The van der Waals surface area contributed by atoms with Crippen molar-refractivity contribution in [2.75, 3.05) is 14.2 Å². The second kappa shape index (κ2) is 5.01. The predicted molar refractivity (Wildman–Crippen MR) is 67.6 cm³/mol. The van der Waals surface area contributed by atoms with Gasteiger partial charge in [-0.3, -0.25) is 0 Å². The number of hydrogen-bond donors (Lipinski definition) is 0. The van der Waals surface area contributed by atoms with Crippen LogP contribution in [-0.4, -0.2) is 20.2 Å². The van der Waals surface area contributed by atoms with Crippen LogP contribution in [0.3, 0.4) is 0 Å². The van der Waals surface area contributed by atoms with Crippen LogP contribution in [0.1, 0.15) is 9.67 Å². The zero-order valence-corrected chi connectivity index (χ0v) is 10.4. The summed E-state index contributed by atoms with van der Waals surface area (Å²) in [5.74, 6) is 0.500. The van der Waals surface area contributed by atoms with Crippen molar-refractivity contribution < 1.29 is 14.3 Å². The third-order valence-corrected chi connectivity index (χ3v) is 3.46. The van der Waals surface area contributed by atoms with Crippen LogP contribution in [0.4, 0.5) is 0 Å². The Morgan fingerprint density at radius 2 is 2.00 bits per heavy atom. The Labute approximate surface area is 104 Å². The maximum Gasteiger partial charge on any atom is 0.348 e. The summed E-state index contributed by atoms with van der Waals surface area (Å²) in [5, 5.41) is 0. The monoisotopic (exact) mass is 248 g/mol. The third kappa shape index (κ3) is 2.47. The molecule has 88 valence electrons. The Bertz CT molecular complexity index is 531. The van der Waals surface area contributed by atoms with Gasteiger partial charge in [-0.05, 0) is 29.8 Å². The molecule has 0 aliphatic heterocycles. The molecule has 1 aromatic heterocycles. The van der Waals surface area contributed by atoms with Crippen LogP contribution in [0.15, 0.2) is 36.4 Å². The molecule has 2 rings (SSSR count). The lowest BCUT2D eigenvalue weighted by atomic mass is 10.2. The van der Waals surface area contributed by atoms with E-state index in [4.69, 9.17) is 4.74 Å². The van der Waals surface area contributed by atoms with Gasteiger partial charge < -0.3 is 9.47 Å². The first kappa shape index (κ1) is 11.7. The molecule has 0 atom stereocenters. The molecular formula is C13H12O3S. The number of esters is 1. The smallest absolute Gasteiger partial charge is 0.348 e. The Morgan fingerprint density at radius 3 is 2.71 bits per heavy atom. The Balaban J connectivity index is 2.33. The average Bonchev–Trinajstić information content (AvgIpc) is 2.87. The van der Waals surface area contributed by atoms with Crippen molar-refractivity contribution in [3.8, 4) is 16.2 Å². The fourth-order valence-electron chi connectivity index (χ4n) is 1.48. The van der Waals surface area contributed by atoms with Gasteiger partial charge in [0.25, 0.3) is 0 Å². The Kier molecular flexibility index (Phi) is 3.44. The summed E-state index contributed by atoms with van der Waals surface area (Å²) in [7, 11) is 3.01. The summed E-state index contributed by atoms with van der Waals surface area (Å²) >= 11 is 1.41. The van der Waals surface area contributed by atoms with E-state index in [1.54, 1.807) is 13.2 Å². The van der Waals surface area contributed by atoms with Crippen LogP contribution in [-0.2, 0) is 4.74 Å². The number of rotatable bonds is 3. The van der Waals surface area contributed by atoms with Gasteiger partial charge in [0.1, 0.15) is 10.6 Å². The Hall–Kier alpha value is -1.81. The first-order valence-electron chi connectivity index (χ1n) is 5.07. The molecule has 0 saturated heterocycles. The minimum absolute atomic E-state index is 0.302. The van der Waals surface area contributed by atoms with Crippen LogP contribution >= 0.6 is 11.3 Å². The molecule has 1 heterocycles. The molecule has 4 heteroatoms. The van der Waals surface area contributed by atoms with E-state index in [9.17, 15) is 4.79 Å². The minimum atomic E-state index is -0.302. The topological polar surface area (TPSA) is 35.5 Å². The van der Waals surface area contributed by atoms with Gasteiger partial charge >= 0.3 is 5.97 Å². The number of hydrogen-bond acceptors (Lipinski definition) is 4. The van der Waals surface area contributed by atoms with E-state index >= 15 is 0 Å². The largest absolute Gasteiger partial charge is 0.497 e. The van der Waals surface area contributed by atoms with Gasteiger partial charge in [0, 0.05) is 4.88 Å². The van der Waals surface area contributed by atoms with Crippen LogP contribution in [0.25, 0.3) is 10.4 Å². The first-order valence-corrected chi connectivity index (χ1v) is 5.89. The van der Waals surface area contributed by atoms with E-state index in [0.29, 0.717) is 4.88 Å². The summed E-state index contributed by atoms with van der Waals surface area (Å²) in [6.07, 6.45) is 0. The quantitative estimate of drug-likeness (QED) is 0.782. The molecule has 2 aromatic rings. The van der Waals surface area contributed by atoms with Gasteiger partial charge in [0.05, 0.1) is 14.2 Å². The lowest BCUT2D eigenvalue weighted by Crippen LogP contribution is -1.96. The molecule has 0 amide bonds. The first-order chi connectivity index (χ1) is 8.24. The van der Waals surface area contributed by atoms with Crippen molar-refractivity contribution in [2.45, 2.75) is 0 Å². The third-order valence-electron chi connectivity index (χ3n) is 2.35. The number of methoxy groups -OCH3 is 2. The zero-order valence-electron chi connectivity index (χ0n) is 9.60. The molecule has 0 fully saturated rings. The number of benzene rings is 1. The van der Waals surface area contributed by atoms with Crippen LogP contribution in [0.5, 0.6) is 5.75 Å². The molecule has 0 radical (unpaired) electrons. The summed E-state index contributed by atoms with van der Waals surface area (Å²) in [6.45, 7) is 0. The van der Waals surface area contributed by atoms with E-state index in [2.05, 4.69) is 4.74 Å². The van der Waals surface area contributed by atoms with E-state index in [-0.39, 0.29) is 5.97 Å². The van der Waals surface area contributed by atoms with Crippen molar-refractivity contribution in [1.82, 2.24) is 0 Å². The second-order valence-electron chi connectivity index (χ2n) is 3.39. The molecule has 0 spiro atoms. The van der Waals surface area contributed by atoms with Crippen molar-refractivity contribution in [3.63, 3.8) is 0 Å². The van der Waals surface area contributed by atoms with E-state index in [1.807, 2.05) is 30.3 Å². The van der Waals surface area contributed by atoms with Gasteiger partial charge in [0.15, 0.2) is 0 Å². The lowest BCUT2D eigenvalue weighted by Gasteiger charge is -2.01. The van der Waals surface area contributed by atoms with Crippen molar-refractivity contribution >= 4 is 17.3 Å². The summed E-state index contributed by atoms with van der Waals surface area (Å²) in [5.41, 5.74) is 1.03. The molecular weight excluding hydrogens is 236 g/mol. The lowest BCUT2D eigenvalue weighted by molar-refractivity contribution is 0.0606. The molecule has 0 bridgehead atoms. The highest BCUT2D eigenvalue weighted by Crippen LogP contribution is 2.30. The molecule has 17 heavy (non-hydrogen) atoms. The standard InChI is InChI=1S/C13H12O3S/c1-15-10-5-3-4-9(8-10)11-6-7-12(17-11)13(14)16-2/h3-8H,1-2H3. The number of ether oxygens (including phenoxy) is 2. The number of carbonyl (C=O) groups excluding carboxylic acids is 1. The van der Waals surface area contributed by atoms with E-state index in [0.717, 1.165) is 16.2 Å². The Morgan fingerprint density at radius 1 is 1.18 bits per heavy atom. The molecule has 0 N–H and O–H groups in total. The van der Waals surface area contributed by atoms with Crippen molar-refractivity contribution in [3.05, 3.63) is 41.3 Å².